The molecule has 0 aliphatic rings. The van der Waals surface area contributed by atoms with Crippen LogP contribution in [0.3, 0.4) is 0 Å². The molecule has 1 aromatic carbocycles. The second kappa shape index (κ2) is 6.75. The highest BCUT2D eigenvalue weighted by molar-refractivity contribution is 5.96. The van der Waals surface area contributed by atoms with E-state index in [9.17, 15) is 9.90 Å². The normalized spacial score (nSPS) is 10.2. The van der Waals surface area contributed by atoms with Gasteiger partial charge in [-0.1, -0.05) is 0 Å². The van der Waals surface area contributed by atoms with Crippen LogP contribution in [0.25, 0.3) is 0 Å². The Kier molecular flexibility index (Phi) is 5.29. The van der Waals surface area contributed by atoms with Crippen molar-refractivity contribution in [2.45, 2.75) is 12.8 Å². The third-order valence-electron chi connectivity index (χ3n) is 2.29. The van der Waals surface area contributed by atoms with E-state index >= 15 is 0 Å². The van der Waals surface area contributed by atoms with Crippen LogP contribution in [0.4, 0.5) is 0 Å². The minimum atomic E-state index is -0.347. The Morgan fingerprint density at radius 3 is 2.76 bits per heavy atom. The molecule has 3 N–H and O–H groups in total. The standard InChI is InChI=1S/C12H17NO4/c1-17-7-3-2-6-13-12(16)10-5-4-9(14)8-11(10)15/h4-5,8,14-15H,2-3,6-7H2,1H3,(H,13,16). The molecule has 1 amide bonds. The van der Waals surface area contributed by atoms with Gasteiger partial charge in [0.25, 0.3) is 5.91 Å². The number of amides is 1. The molecule has 0 saturated carbocycles. The molecule has 0 aliphatic heterocycles. The van der Waals surface area contributed by atoms with Crippen molar-refractivity contribution in [2.75, 3.05) is 20.3 Å². The lowest BCUT2D eigenvalue weighted by atomic mass is 10.1. The third kappa shape index (κ3) is 4.32. The Hall–Kier alpha value is -1.75. The molecule has 0 unspecified atom stereocenters. The van der Waals surface area contributed by atoms with Crippen molar-refractivity contribution in [3.8, 4) is 11.5 Å². The van der Waals surface area contributed by atoms with Crippen molar-refractivity contribution in [2.24, 2.45) is 0 Å². The maximum Gasteiger partial charge on any atom is 0.255 e. The number of nitrogens with one attached hydrogen (secondary N) is 1. The quantitative estimate of drug-likeness (QED) is 0.653. The zero-order valence-corrected chi connectivity index (χ0v) is 9.77. The van der Waals surface area contributed by atoms with E-state index in [2.05, 4.69) is 5.32 Å². The van der Waals surface area contributed by atoms with Gasteiger partial charge in [0.2, 0.25) is 0 Å². The van der Waals surface area contributed by atoms with Crippen molar-refractivity contribution in [1.82, 2.24) is 5.32 Å². The van der Waals surface area contributed by atoms with Gasteiger partial charge in [0, 0.05) is 26.3 Å². The molecule has 1 rings (SSSR count). The van der Waals surface area contributed by atoms with Crippen LogP contribution in [0.2, 0.25) is 0 Å². The zero-order chi connectivity index (χ0) is 12.7. The molecule has 94 valence electrons. The number of ether oxygens (including phenoxy) is 1. The van der Waals surface area contributed by atoms with E-state index in [4.69, 9.17) is 9.84 Å². The molecule has 0 saturated heterocycles. The van der Waals surface area contributed by atoms with Crippen LogP contribution in [0.5, 0.6) is 11.5 Å². The first kappa shape index (κ1) is 13.3. The van der Waals surface area contributed by atoms with Gasteiger partial charge in [0.05, 0.1) is 5.56 Å². The van der Waals surface area contributed by atoms with Gasteiger partial charge in [-0.2, -0.15) is 0 Å². The average Bonchev–Trinajstić information content (AvgIpc) is 2.28. The molecule has 0 atom stereocenters. The summed E-state index contributed by atoms with van der Waals surface area (Å²) in [6.45, 7) is 1.20. The van der Waals surface area contributed by atoms with E-state index in [1.807, 2.05) is 0 Å². The van der Waals surface area contributed by atoms with Crippen molar-refractivity contribution in [3.05, 3.63) is 23.8 Å². The highest BCUT2D eigenvalue weighted by Crippen LogP contribution is 2.22. The molecule has 0 radical (unpaired) electrons. The molecule has 0 fully saturated rings. The van der Waals surface area contributed by atoms with Crippen molar-refractivity contribution in [3.63, 3.8) is 0 Å². The maximum atomic E-state index is 11.6. The predicted molar refractivity (Wildman–Crippen MR) is 63.2 cm³/mol. The Bertz CT molecular complexity index is 379. The Labute approximate surface area is 100 Å². The summed E-state index contributed by atoms with van der Waals surface area (Å²) in [7, 11) is 1.63. The number of unbranched alkanes of at least 4 members (excludes halogenated alkanes) is 1. The number of hydrogen-bond donors (Lipinski definition) is 3. The number of methoxy groups -OCH3 is 1. The molecule has 0 aliphatic carbocycles. The fourth-order valence-corrected chi connectivity index (χ4v) is 1.38. The molecule has 0 spiro atoms. The largest absolute Gasteiger partial charge is 0.508 e. The zero-order valence-electron chi connectivity index (χ0n) is 9.77. The lowest BCUT2D eigenvalue weighted by Crippen LogP contribution is -2.24. The smallest absolute Gasteiger partial charge is 0.255 e. The van der Waals surface area contributed by atoms with Crippen LogP contribution in [-0.4, -0.2) is 36.4 Å². The first-order chi connectivity index (χ1) is 8.15. The molecule has 1 aromatic rings. The molecule has 0 heterocycles. The molecule has 5 nitrogen and oxygen atoms in total. The van der Waals surface area contributed by atoms with Gasteiger partial charge in [-0.15, -0.1) is 0 Å². The third-order valence-corrected chi connectivity index (χ3v) is 2.29. The number of hydrogen-bond acceptors (Lipinski definition) is 4. The second-order valence-electron chi connectivity index (χ2n) is 3.66. The molecule has 0 aromatic heterocycles. The summed E-state index contributed by atoms with van der Waals surface area (Å²) in [6, 6.07) is 3.88. The van der Waals surface area contributed by atoms with Crippen molar-refractivity contribution < 1.29 is 19.7 Å². The Morgan fingerprint density at radius 1 is 1.35 bits per heavy atom. The van der Waals surface area contributed by atoms with E-state index in [1.165, 1.54) is 12.1 Å². The number of carbonyl (C=O) groups excluding carboxylic acids is 1. The SMILES string of the molecule is COCCCCNC(=O)c1ccc(O)cc1O. The minimum absolute atomic E-state index is 0.0702. The van der Waals surface area contributed by atoms with Gasteiger partial charge in [0.1, 0.15) is 11.5 Å². The lowest BCUT2D eigenvalue weighted by molar-refractivity contribution is 0.0948. The summed E-state index contributed by atoms with van der Waals surface area (Å²) in [5.74, 6) is -0.640. The molecular weight excluding hydrogens is 222 g/mol. The molecule has 5 heteroatoms. The van der Waals surface area contributed by atoms with Crippen LogP contribution in [-0.2, 0) is 4.74 Å². The van der Waals surface area contributed by atoms with Crippen LogP contribution >= 0.6 is 0 Å². The van der Waals surface area contributed by atoms with Crippen molar-refractivity contribution in [1.29, 1.82) is 0 Å². The van der Waals surface area contributed by atoms with Gasteiger partial charge in [-0.25, -0.2) is 0 Å². The number of phenolic OH excluding ortho intramolecular Hbond substituents is 2. The van der Waals surface area contributed by atoms with Gasteiger partial charge < -0.3 is 20.3 Å². The number of rotatable bonds is 6. The highest BCUT2D eigenvalue weighted by atomic mass is 16.5. The summed E-state index contributed by atoms with van der Waals surface area (Å²) in [5.41, 5.74) is 0.162. The van der Waals surface area contributed by atoms with E-state index in [1.54, 1.807) is 7.11 Å². The molecule has 17 heavy (non-hydrogen) atoms. The van der Waals surface area contributed by atoms with Crippen LogP contribution in [0.15, 0.2) is 18.2 Å². The predicted octanol–water partition coefficient (Wildman–Crippen LogP) is 1.25. The molecule has 0 bridgehead atoms. The number of phenols is 2. The van der Waals surface area contributed by atoms with E-state index in [0.29, 0.717) is 13.2 Å². The van der Waals surface area contributed by atoms with Crippen LogP contribution < -0.4 is 5.32 Å². The Balaban J connectivity index is 2.42. The summed E-state index contributed by atoms with van der Waals surface area (Å²) >= 11 is 0. The van der Waals surface area contributed by atoms with Crippen LogP contribution in [0, 0.1) is 0 Å². The van der Waals surface area contributed by atoms with Gasteiger partial charge in [0.15, 0.2) is 0 Å². The average molecular weight is 239 g/mol. The minimum Gasteiger partial charge on any atom is -0.508 e. The summed E-state index contributed by atoms with van der Waals surface area (Å²) < 4.78 is 4.89. The van der Waals surface area contributed by atoms with Gasteiger partial charge >= 0.3 is 0 Å². The Morgan fingerprint density at radius 2 is 2.12 bits per heavy atom. The highest BCUT2D eigenvalue weighted by Gasteiger charge is 2.10. The molecular formula is C12H17NO4. The van der Waals surface area contributed by atoms with E-state index < -0.39 is 0 Å². The summed E-state index contributed by atoms with van der Waals surface area (Å²) in [4.78, 5) is 11.6. The topological polar surface area (TPSA) is 78.8 Å². The van der Waals surface area contributed by atoms with E-state index in [0.717, 1.165) is 18.9 Å². The fourth-order valence-electron chi connectivity index (χ4n) is 1.38. The summed E-state index contributed by atoms with van der Waals surface area (Å²) in [5, 5.41) is 21.2. The number of aromatic hydroxyl groups is 2. The first-order valence-corrected chi connectivity index (χ1v) is 5.44. The number of benzene rings is 1. The summed E-state index contributed by atoms with van der Waals surface area (Å²) in [6.07, 6.45) is 1.69. The lowest BCUT2D eigenvalue weighted by Gasteiger charge is -2.06. The second-order valence-corrected chi connectivity index (χ2v) is 3.66. The first-order valence-electron chi connectivity index (χ1n) is 5.44. The van der Waals surface area contributed by atoms with Crippen molar-refractivity contribution >= 4 is 5.91 Å². The van der Waals surface area contributed by atoms with Gasteiger partial charge in [-0.05, 0) is 25.0 Å². The number of carbonyl (C=O) groups is 1. The monoisotopic (exact) mass is 239 g/mol. The maximum absolute atomic E-state index is 11.6. The van der Waals surface area contributed by atoms with E-state index in [-0.39, 0.29) is 23.0 Å². The fraction of sp³-hybridized carbons (Fsp3) is 0.417. The van der Waals surface area contributed by atoms with Gasteiger partial charge in [-0.3, -0.25) is 4.79 Å². The van der Waals surface area contributed by atoms with Crippen LogP contribution in [0.1, 0.15) is 23.2 Å².